The number of aromatic hydroxyl groups is 18. The van der Waals surface area contributed by atoms with Gasteiger partial charge in [-0.05, 0) is 30.3 Å². The van der Waals surface area contributed by atoms with Crippen LogP contribution in [0.4, 0.5) is 0 Å². The molecule has 4 aliphatic rings. The Morgan fingerprint density at radius 3 is 1.24 bits per heavy atom. The first kappa shape index (κ1) is 50.1. The van der Waals surface area contributed by atoms with Crippen molar-refractivity contribution in [2.45, 2.75) is 30.5 Å². The third kappa shape index (κ3) is 6.96. The minimum absolute atomic E-state index is 0.272. The van der Waals surface area contributed by atoms with Crippen LogP contribution in [0.1, 0.15) is 73.8 Å². The maximum Gasteiger partial charge on any atom is 0.340 e. The van der Waals surface area contributed by atoms with E-state index in [2.05, 4.69) is 0 Å². The second kappa shape index (κ2) is 17.0. The highest BCUT2D eigenvalue weighted by molar-refractivity contribution is 6.16. The number of esters is 6. The van der Waals surface area contributed by atoms with Gasteiger partial charge < -0.3 is 120 Å². The minimum Gasteiger partial charge on any atom is -0.504 e. The zero-order chi connectivity index (χ0) is 56.7. The van der Waals surface area contributed by atoms with Crippen LogP contribution in [0.5, 0.6) is 103 Å². The molecule has 0 unspecified atom stereocenters. The van der Waals surface area contributed by atoms with Gasteiger partial charge >= 0.3 is 35.8 Å². The number of ether oxygens (including phenoxy) is 6. The van der Waals surface area contributed by atoms with E-state index < -0.39 is 249 Å². The van der Waals surface area contributed by atoms with Crippen molar-refractivity contribution in [2.24, 2.45) is 0 Å². The summed E-state index contributed by atoms with van der Waals surface area (Å²) in [5, 5.41) is 199. The normalized spacial score (nSPS) is 19.2. The Morgan fingerprint density at radius 2 is 0.731 bits per heavy atom. The fourth-order valence-corrected chi connectivity index (χ4v) is 9.40. The summed E-state index contributed by atoms with van der Waals surface area (Å²) in [6, 6.07) is 1.86. The van der Waals surface area contributed by atoms with Crippen LogP contribution < -0.4 is 0 Å². The molecule has 5 atom stereocenters. The van der Waals surface area contributed by atoms with Crippen molar-refractivity contribution in [3.63, 3.8) is 0 Å². The lowest BCUT2D eigenvalue weighted by atomic mass is 9.80. The first-order chi connectivity index (χ1) is 36.7. The first-order valence-corrected chi connectivity index (χ1v) is 21.6. The van der Waals surface area contributed by atoms with Gasteiger partial charge in [0.05, 0.1) is 38.9 Å². The summed E-state index contributed by atoms with van der Waals surface area (Å²) in [7, 11) is 0. The van der Waals surface area contributed by atoms with Crippen LogP contribution in [0.25, 0.3) is 33.4 Å². The van der Waals surface area contributed by atoms with Gasteiger partial charge in [-0.3, -0.25) is 0 Å². The number of fused-ring (bicyclic) bond motifs is 13. The molecular formula is C48H30O30. The molecule has 0 spiro atoms. The molecule has 6 aromatic carbocycles. The molecule has 4 heterocycles. The van der Waals surface area contributed by atoms with Crippen LogP contribution in [0.3, 0.4) is 0 Å². The molecule has 0 saturated carbocycles. The number of hydrogen-bond donors (Lipinski definition) is 18. The topological polar surface area (TPSA) is 522 Å². The molecule has 0 radical (unpaired) electrons. The van der Waals surface area contributed by atoms with Gasteiger partial charge in [0, 0.05) is 33.4 Å². The maximum absolute atomic E-state index is 15.4. The maximum atomic E-state index is 15.4. The second-order valence-electron chi connectivity index (χ2n) is 17.3. The van der Waals surface area contributed by atoms with Gasteiger partial charge in [-0.1, -0.05) is 0 Å². The van der Waals surface area contributed by atoms with Crippen LogP contribution in [-0.4, -0.2) is 159 Å². The van der Waals surface area contributed by atoms with Crippen LogP contribution in [0.2, 0.25) is 0 Å². The van der Waals surface area contributed by atoms with E-state index in [0.29, 0.717) is 18.2 Å². The van der Waals surface area contributed by atoms with Gasteiger partial charge in [-0.25, -0.2) is 28.8 Å². The quantitative estimate of drug-likeness (QED) is 0.0672. The molecule has 6 aromatic rings. The smallest absolute Gasteiger partial charge is 0.340 e. The summed E-state index contributed by atoms with van der Waals surface area (Å²) in [5.74, 6) is -39.3. The Hall–Kier alpha value is -11.5. The highest BCUT2D eigenvalue weighted by Gasteiger charge is 2.57. The Labute approximate surface area is 427 Å². The molecule has 18 N–H and O–H groups in total. The number of hydrogen-bond acceptors (Lipinski definition) is 30. The van der Waals surface area contributed by atoms with E-state index >= 15 is 4.79 Å². The molecule has 10 rings (SSSR count). The number of cyclic esters (lactones) is 1. The molecule has 0 fully saturated rings. The van der Waals surface area contributed by atoms with Crippen molar-refractivity contribution in [3.8, 4) is 137 Å². The summed E-state index contributed by atoms with van der Waals surface area (Å²) in [5.41, 5.74) is -17.1. The van der Waals surface area contributed by atoms with Crippen molar-refractivity contribution >= 4 is 35.8 Å². The molecule has 4 bridgehead atoms. The largest absolute Gasteiger partial charge is 0.504 e. The van der Waals surface area contributed by atoms with E-state index in [1.807, 2.05) is 0 Å². The molecule has 0 aromatic heterocycles. The Morgan fingerprint density at radius 1 is 0.359 bits per heavy atom. The van der Waals surface area contributed by atoms with Gasteiger partial charge in [0.15, 0.2) is 105 Å². The lowest BCUT2D eigenvalue weighted by Gasteiger charge is -2.41. The summed E-state index contributed by atoms with van der Waals surface area (Å²) in [6.07, 6.45) is -14.4. The zero-order valence-corrected chi connectivity index (χ0v) is 37.9. The predicted molar refractivity (Wildman–Crippen MR) is 241 cm³/mol. The average molecular weight is 1090 g/mol. The number of phenolic OH excluding ortho intramolecular Hbond substituents is 18. The molecule has 0 saturated heterocycles. The van der Waals surface area contributed by atoms with E-state index in [-0.39, 0.29) is 12.1 Å². The SMILES string of the molecule is O=C(O[C@@H]1c2c(O)c(O)c(O)c3c2C(=O)O[C@@H]1[C@@H]1OC(=O)c2c(c(O)c(O)c(O)c2-3)-c2c(cc(O)c(O)c2O)C(=O)O[C@H]2COC(=O)c3cc(O)c(O)c(O)c3-c3c(cc(O)c(O)c3O)C(=O)O[C@H]12)c1cc(O)c(O)c(O)c1. The van der Waals surface area contributed by atoms with Gasteiger partial charge in [0.25, 0.3) is 0 Å². The van der Waals surface area contributed by atoms with Crippen molar-refractivity contribution in [2.75, 3.05) is 6.61 Å². The first-order valence-electron chi connectivity index (χ1n) is 21.6. The summed E-state index contributed by atoms with van der Waals surface area (Å²) < 4.78 is 34.1. The summed E-state index contributed by atoms with van der Waals surface area (Å²) in [6.45, 7) is -1.63. The number of phenols is 18. The monoisotopic (exact) mass is 1090 g/mol. The summed E-state index contributed by atoms with van der Waals surface area (Å²) in [4.78, 5) is 88.5. The molecule has 30 heteroatoms. The van der Waals surface area contributed by atoms with Crippen molar-refractivity contribution in [1.82, 2.24) is 0 Å². The molecule has 0 aliphatic carbocycles. The molecule has 78 heavy (non-hydrogen) atoms. The molecule has 4 aliphatic heterocycles. The van der Waals surface area contributed by atoms with Crippen molar-refractivity contribution in [3.05, 3.63) is 69.3 Å². The summed E-state index contributed by atoms with van der Waals surface area (Å²) >= 11 is 0. The number of rotatable bonds is 2. The van der Waals surface area contributed by atoms with Gasteiger partial charge in [0.1, 0.15) is 6.61 Å². The minimum atomic E-state index is -3.02. The van der Waals surface area contributed by atoms with E-state index in [1.54, 1.807) is 0 Å². The standard InChI is InChI=1S/C48H30O30/c49-11-1-7(2-12(50)26(11)54)43(67)76-40-25-24-22(35(63)38(66)36(25)64)21-23-20(33(61)37(65)34(21)62)19-10(5-15(53)29(57)32(19)60)45(69)74-16-6-73-44(68)8-3-13(51)27(55)30(58)17(8)18-9(4-14(52)28(56)31(18)59)46(70)75-39(16)41(77-47(23)71)42(40)78-48(24)72/h1-5,16,39-42,49-66H,6H2/t16-,39-,40+,41+,42-/m0/s1. The lowest BCUT2D eigenvalue weighted by Crippen LogP contribution is -2.56. The third-order valence-electron chi connectivity index (χ3n) is 13.0. The van der Waals surface area contributed by atoms with E-state index in [1.165, 1.54) is 0 Å². The Kier molecular flexibility index (Phi) is 10.9. The average Bonchev–Trinajstić information content (AvgIpc) is 3.64. The van der Waals surface area contributed by atoms with E-state index in [4.69, 9.17) is 28.4 Å². The number of benzene rings is 6. The number of carbonyl (C=O) groups is 6. The third-order valence-corrected chi connectivity index (χ3v) is 13.0. The predicted octanol–water partition coefficient (Wildman–Crippen LogP) is 2.30. The molecule has 402 valence electrons. The zero-order valence-electron chi connectivity index (χ0n) is 37.9. The Balaban J connectivity index is 1.36. The highest BCUT2D eigenvalue weighted by atomic mass is 16.7. The van der Waals surface area contributed by atoms with E-state index in [9.17, 15) is 116 Å². The van der Waals surface area contributed by atoms with Gasteiger partial charge in [0.2, 0.25) is 28.7 Å². The lowest BCUT2D eigenvalue weighted by molar-refractivity contribution is -0.155. The van der Waals surface area contributed by atoms with Crippen LogP contribution in [0.15, 0.2) is 30.3 Å². The number of carbonyl (C=O) groups excluding carboxylic acids is 6. The van der Waals surface area contributed by atoms with Crippen molar-refractivity contribution in [1.29, 1.82) is 0 Å². The molecular weight excluding hydrogens is 1060 g/mol. The van der Waals surface area contributed by atoms with Gasteiger partial charge in [-0.2, -0.15) is 0 Å². The second-order valence-corrected chi connectivity index (χ2v) is 17.3. The fourth-order valence-electron chi connectivity index (χ4n) is 9.40. The Bertz CT molecular complexity index is 3800. The van der Waals surface area contributed by atoms with Crippen LogP contribution in [-0.2, 0) is 28.4 Å². The van der Waals surface area contributed by atoms with Crippen LogP contribution >= 0.6 is 0 Å². The molecule has 30 nitrogen and oxygen atoms in total. The van der Waals surface area contributed by atoms with E-state index in [0.717, 1.165) is 0 Å². The highest BCUT2D eigenvalue weighted by Crippen LogP contribution is 2.62. The van der Waals surface area contributed by atoms with Crippen molar-refractivity contribution < 1.29 is 149 Å². The van der Waals surface area contributed by atoms with Gasteiger partial charge in [-0.15, -0.1) is 0 Å². The van der Waals surface area contributed by atoms with Crippen LogP contribution in [0, 0.1) is 0 Å². The molecule has 0 amide bonds. The fraction of sp³-hybridized carbons (Fsp3) is 0.125.